The van der Waals surface area contributed by atoms with Crippen LogP contribution in [0.15, 0.2) is 121 Å². The van der Waals surface area contributed by atoms with Gasteiger partial charge in [0.25, 0.3) is 5.24 Å². The van der Waals surface area contributed by atoms with Crippen LogP contribution in [0.1, 0.15) is 32.1 Å². The van der Waals surface area contributed by atoms with Gasteiger partial charge in [-0.15, -0.1) is 0 Å². The van der Waals surface area contributed by atoms with Crippen LogP contribution >= 0.6 is 11.6 Å². The van der Waals surface area contributed by atoms with E-state index in [0.29, 0.717) is 51.3 Å². The summed E-state index contributed by atoms with van der Waals surface area (Å²) in [4.78, 5) is 31.3. The second-order valence-corrected chi connectivity index (χ2v) is 10.8. The number of pyridine rings is 2. The highest BCUT2D eigenvalue weighted by Crippen LogP contribution is 2.28. The van der Waals surface area contributed by atoms with Gasteiger partial charge in [0.2, 0.25) is 0 Å². The number of carbonyl (C=O) groups excluding carboxylic acids is 1. The molecule has 10 heteroatoms. The second kappa shape index (κ2) is 15.1. The van der Waals surface area contributed by atoms with Gasteiger partial charge in [-0.05, 0) is 147 Å². The van der Waals surface area contributed by atoms with Crippen molar-refractivity contribution in [2.24, 2.45) is 0 Å². The summed E-state index contributed by atoms with van der Waals surface area (Å²) in [6.07, 6.45) is 0. The summed E-state index contributed by atoms with van der Waals surface area (Å²) in [6, 6.07) is 32.2. The Bertz CT molecular complexity index is 1900. The monoisotopic (exact) mass is 664 g/mol. The van der Waals surface area contributed by atoms with Crippen LogP contribution in [0, 0.1) is 25.5 Å². The summed E-state index contributed by atoms with van der Waals surface area (Å²) in [7, 11) is 0. The predicted octanol–water partition coefficient (Wildman–Crippen LogP) is 10.1. The molecule has 6 aromatic rings. The van der Waals surface area contributed by atoms with Crippen molar-refractivity contribution in [1.82, 2.24) is 9.97 Å². The molecule has 0 spiro atoms. The van der Waals surface area contributed by atoms with Gasteiger partial charge >= 0.3 is 5.97 Å². The lowest BCUT2D eigenvalue weighted by Gasteiger charge is -2.08. The molecular formula is C38H27ClF2N2O5. The van der Waals surface area contributed by atoms with Gasteiger partial charge in [0, 0.05) is 28.1 Å². The molecule has 0 saturated heterocycles. The molecule has 0 amide bonds. The van der Waals surface area contributed by atoms with E-state index in [-0.39, 0.29) is 17.2 Å². The Balaban J connectivity index is 0.000000188. The number of aryl methyl sites for hydroxylation is 2. The number of ether oxygens (including phenoxy) is 2. The van der Waals surface area contributed by atoms with E-state index in [2.05, 4.69) is 9.97 Å². The molecule has 0 radical (unpaired) electrons. The smallest absolute Gasteiger partial charge is 0.335 e. The minimum absolute atomic E-state index is 0.198. The SMILES string of the molecule is Cc1cc(C(=O)Cl)cc(-c2ccc(Oc3ccc(F)cc3)cc2)n1.Cc1cc(C(=O)O)cc(-c2ccc(Oc3ccc(F)cc3)cc2)n1. The maximum atomic E-state index is 12.9. The van der Waals surface area contributed by atoms with Crippen molar-refractivity contribution in [1.29, 1.82) is 0 Å². The molecule has 0 aliphatic rings. The number of nitrogens with zero attached hydrogens (tertiary/aromatic N) is 2. The third-order valence-electron chi connectivity index (χ3n) is 6.78. The molecule has 0 unspecified atom stereocenters. The molecule has 0 bridgehead atoms. The standard InChI is InChI=1S/C19H13ClFNO2.C19H14FNO3/c1-12-10-14(19(20)23)11-18(22-12)13-2-6-16(7-3-13)24-17-8-4-15(21)5-9-17;1-12-10-14(19(22)23)11-18(21-12)13-2-6-16(7-3-13)24-17-8-4-15(20)5-9-17/h2-11H,1H3;2-11H,1H3,(H,22,23). The number of carboxylic acid groups (broad SMARTS) is 1. The van der Waals surface area contributed by atoms with E-state index in [4.69, 9.17) is 26.2 Å². The van der Waals surface area contributed by atoms with Gasteiger partial charge in [-0.25, -0.2) is 13.6 Å². The Morgan fingerprint density at radius 2 is 0.896 bits per heavy atom. The average Bonchev–Trinajstić information content (AvgIpc) is 3.07. The van der Waals surface area contributed by atoms with Gasteiger partial charge in [0.05, 0.1) is 17.0 Å². The maximum absolute atomic E-state index is 12.9. The van der Waals surface area contributed by atoms with Crippen LogP contribution in [-0.4, -0.2) is 26.3 Å². The van der Waals surface area contributed by atoms with E-state index in [9.17, 15) is 18.4 Å². The molecule has 48 heavy (non-hydrogen) atoms. The molecule has 0 aliphatic heterocycles. The van der Waals surface area contributed by atoms with Crippen molar-refractivity contribution in [3.8, 4) is 45.5 Å². The number of hydrogen-bond donors (Lipinski definition) is 1. The van der Waals surface area contributed by atoms with Crippen LogP contribution in [0.4, 0.5) is 8.78 Å². The molecule has 0 aliphatic carbocycles. The molecule has 7 nitrogen and oxygen atoms in total. The van der Waals surface area contributed by atoms with Crippen molar-refractivity contribution in [2.75, 3.05) is 0 Å². The highest BCUT2D eigenvalue weighted by atomic mass is 35.5. The summed E-state index contributed by atoms with van der Waals surface area (Å²) >= 11 is 5.55. The van der Waals surface area contributed by atoms with Crippen molar-refractivity contribution in [3.05, 3.63) is 155 Å². The molecule has 0 fully saturated rings. The molecule has 240 valence electrons. The molecule has 0 saturated carbocycles. The fourth-order valence-electron chi connectivity index (χ4n) is 4.53. The minimum atomic E-state index is -0.988. The van der Waals surface area contributed by atoms with Crippen molar-refractivity contribution < 1.29 is 33.0 Å². The number of aromatic nitrogens is 2. The predicted molar refractivity (Wildman–Crippen MR) is 179 cm³/mol. The average molecular weight is 665 g/mol. The minimum Gasteiger partial charge on any atom is -0.478 e. The Morgan fingerprint density at radius 3 is 1.25 bits per heavy atom. The van der Waals surface area contributed by atoms with E-state index in [1.165, 1.54) is 36.4 Å². The number of halogens is 3. The first-order valence-electron chi connectivity index (χ1n) is 14.5. The lowest BCUT2D eigenvalue weighted by atomic mass is 10.1. The quantitative estimate of drug-likeness (QED) is 0.162. The molecule has 6 rings (SSSR count). The summed E-state index contributed by atoms with van der Waals surface area (Å²) in [6.45, 7) is 3.56. The van der Waals surface area contributed by atoms with Crippen LogP contribution in [0.25, 0.3) is 22.5 Å². The summed E-state index contributed by atoms with van der Waals surface area (Å²) in [5.41, 5.74) is 4.82. The Labute approximate surface area is 280 Å². The first kappa shape index (κ1) is 33.4. The summed E-state index contributed by atoms with van der Waals surface area (Å²) < 4.78 is 37.1. The van der Waals surface area contributed by atoms with Crippen LogP contribution in [0.2, 0.25) is 0 Å². The van der Waals surface area contributed by atoms with Gasteiger partial charge in [-0.1, -0.05) is 0 Å². The topological polar surface area (TPSA) is 98.6 Å². The maximum Gasteiger partial charge on any atom is 0.335 e. The Kier molecular flexibility index (Phi) is 10.5. The zero-order chi connectivity index (χ0) is 34.2. The van der Waals surface area contributed by atoms with Crippen molar-refractivity contribution in [3.63, 3.8) is 0 Å². The summed E-state index contributed by atoms with van der Waals surface area (Å²) in [5.74, 6) is 0.672. The number of carboxylic acids is 1. The normalized spacial score (nSPS) is 10.4. The molecular weight excluding hydrogens is 638 g/mol. The van der Waals surface area contributed by atoms with E-state index >= 15 is 0 Å². The molecule has 1 N–H and O–H groups in total. The Hall–Kier alpha value is -5.93. The van der Waals surface area contributed by atoms with Crippen molar-refractivity contribution in [2.45, 2.75) is 13.8 Å². The molecule has 2 aromatic heterocycles. The zero-order valence-corrected chi connectivity index (χ0v) is 26.4. The lowest BCUT2D eigenvalue weighted by molar-refractivity contribution is 0.0696. The number of benzene rings is 4. The fourth-order valence-corrected chi connectivity index (χ4v) is 4.64. The van der Waals surface area contributed by atoms with Gasteiger partial charge in [0.1, 0.15) is 34.6 Å². The van der Waals surface area contributed by atoms with Crippen molar-refractivity contribution >= 4 is 22.8 Å². The number of carbonyl (C=O) groups is 2. The molecule has 2 heterocycles. The van der Waals surface area contributed by atoms with Gasteiger partial charge in [0.15, 0.2) is 0 Å². The van der Waals surface area contributed by atoms with Crippen LogP contribution in [0.3, 0.4) is 0 Å². The van der Waals surface area contributed by atoms with Crippen LogP contribution < -0.4 is 9.47 Å². The van der Waals surface area contributed by atoms with Gasteiger partial charge in [-0.2, -0.15) is 0 Å². The third-order valence-corrected chi connectivity index (χ3v) is 7.00. The first-order chi connectivity index (χ1) is 23.0. The number of aromatic carboxylic acids is 1. The third kappa shape index (κ3) is 9.08. The fraction of sp³-hybridized carbons (Fsp3) is 0.0526. The van der Waals surface area contributed by atoms with E-state index < -0.39 is 11.2 Å². The van der Waals surface area contributed by atoms with E-state index in [1.54, 1.807) is 86.6 Å². The highest BCUT2D eigenvalue weighted by Gasteiger charge is 2.10. The zero-order valence-electron chi connectivity index (χ0n) is 25.7. The van der Waals surface area contributed by atoms with Gasteiger partial charge in [-0.3, -0.25) is 14.8 Å². The van der Waals surface area contributed by atoms with Crippen LogP contribution in [-0.2, 0) is 0 Å². The van der Waals surface area contributed by atoms with E-state index in [1.807, 2.05) is 12.1 Å². The highest BCUT2D eigenvalue weighted by molar-refractivity contribution is 6.67. The van der Waals surface area contributed by atoms with Gasteiger partial charge < -0.3 is 14.6 Å². The largest absolute Gasteiger partial charge is 0.478 e. The lowest BCUT2D eigenvalue weighted by Crippen LogP contribution is -1.99. The Morgan fingerprint density at radius 1 is 0.562 bits per heavy atom. The van der Waals surface area contributed by atoms with E-state index in [0.717, 1.165) is 11.1 Å². The summed E-state index contributed by atoms with van der Waals surface area (Å²) in [5, 5.41) is 8.62. The number of rotatable bonds is 8. The number of hydrogen-bond acceptors (Lipinski definition) is 6. The second-order valence-electron chi connectivity index (χ2n) is 10.5. The molecule has 0 atom stereocenters. The van der Waals surface area contributed by atoms with Crippen LogP contribution in [0.5, 0.6) is 23.0 Å². The molecule has 4 aromatic carbocycles. The first-order valence-corrected chi connectivity index (χ1v) is 14.9.